The summed E-state index contributed by atoms with van der Waals surface area (Å²) in [5.74, 6) is 0.895. The van der Waals surface area contributed by atoms with Crippen molar-refractivity contribution in [1.29, 1.82) is 0 Å². The zero-order valence-electron chi connectivity index (χ0n) is 7.97. The summed E-state index contributed by atoms with van der Waals surface area (Å²) in [7, 11) is 0. The predicted molar refractivity (Wildman–Crippen MR) is 75.5 cm³/mol. The number of alkyl halides is 1. The number of rotatable bonds is 2. The lowest BCUT2D eigenvalue weighted by Crippen LogP contribution is -1.99. The van der Waals surface area contributed by atoms with Crippen LogP contribution in [0.2, 0.25) is 0 Å². The van der Waals surface area contributed by atoms with E-state index in [2.05, 4.69) is 53.0 Å². The molecular formula is C9H6BrIN4S. The summed E-state index contributed by atoms with van der Waals surface area (Å²) in [6.07, 6.45) is 5.83. The van der Waals surface area contributed by atoms with Crippen LogP contribution in [0.15, 0.2) is 24.0 Å². The van der Waals surface area contributed by atoms with Crippen LogP contribution in [0.5, 0.6) is 0 Å². The average Bonchev–Trinajstić information content (AvgIpc) is 2.90. The molecule has 0 aliphatic carbocycles. The van der Waals surface area contributed by atoms with Crippen molar-refractivity contribution in [3.63, 3.8) is 0 Å². The third-order valence-electron chi connectivity index (χ3n) is 2.23. The highest BCUT2D eigenvalue weighted by Gasteiger charge is 2.14. The monoisotopic (exact) mass is 408 g/mol. The van der Waals surface area contributed by atoms with Crippen molar-refractivity contribution in [2.24, 2.45) is 0 Å². The maximum atomic E-state index is 4.58. The highest BCUT2D eigenvalue weighted by molar-refractivity contribution is 14.1. The van der Waals surface area contributed by atoms with Gasteiger partial charge in [-0.15, -0.1) is 11.3 Å². The Morgan fingerprint density at radius 1 is 1.50 bits per heavy atom. The number of hydrogen-bond acceptors (Lipinski definition) is 3. The van der Waals surface area contributed by atoms with E-state index < -0.39 is 0 Å². The first-order valence-electron chi connectivity index (χ1n) is 4.50. The molecular weight excluding hydrogens is 403 g/mol. The van der Waals surface area contributed by atoms with Crippen LogP contribution in [0.25, 0.3) is 10.8 Å². The second-order valence-electron chi connectivity index (χ2n) is 3.17. The fourth-order valence-corrected chi connectivity index (χ4v) is 3.18. The van der Waals surface area contributed by atoms with Gasteiger partial charge in [0, 0.05) is 23.1 Å². The van der Waals surface area contributed by atoms with Crippen LogP contribution >= 0.6 is 49.9 Å². The van der Waals surface area contributed by atoms with Gasteiger partial charge in [-0.05, 0) is 22.6 Å². The Morgan fingerprint density at radius 3 is 3.06 bits per heavy atom. The Labute approximate surface area is 118 Å². The number of nitrogens with zero attached hydrogens (tertiary/aromatic N) is 4. The topological polar surface area (TPSA) is 35.1 Å². The van der Waals surface area contributed by atoms with E-state index in [-0.39, 0.29) is 0 Å². The molecule has 0 atom stereocenters. The molecule has 0 fully saturated rings. The molecule has 0 amide bonds. The van der Waals surface area contributed by atoms with E-state index in [0.29, 0.717) is 0 Å². The maximum absolute atomic E-state index is 4.58. The maximum Gasteiger partial charge on any atom is 0.195 e. The number of thiazole rings is 1. The number of fused-ring (bicyclic) bond motifs is 1. The van der Waals surface area contributed by atoms with Gasteiger partial charge in [0.25, 0.3) is 0 Å². The van der Waals surface area contributed by atoms with Gasteiger partial charge in [-0.25, -0.2) is 4.68 Å². The Bertz CT molecular complexity index is 641. The van der Waals surface area contributed by atoms with Gasteiger partial charge < -0.3 is 0 Å². The van der Waals surface area contributed by atoms with E-state index in [0.717, 1.165) is 25.4 Å². The summed E-state index contributed by atoms with van der Waals surface area (Å²) in [6, 6.07) is 0. The third-order valence-corrected chi connectivity index (χ3v) is 4.08. The van der Waals surface area contributed by atoms with Gasteiger partial charge >= 0.3 is 0 Å². The molecule has 0 aliphatic heterocycles. The molecule has 0 unspecified atom stereocenters. The lowest BCUT2D eigenvalue weighted by molar-refractivity contribution is 0.844. The Balaban J connectivity index is 2.26. The van der Waals surface area contributed by atoms with Crippen LogP contribution in [-0.2, 0) is 5.33 Å². The smallest absolute Gasteiger partial charge is 0.195 e. The Hall–Kier alpha value is -0.410. The standard InChI is InChI=1S/C9H6BrIN4S/c10-3-7-8(15-5-6(11)4-12-15)13-9-14(7)1-2-16-9/h1-2,4-5H,3H2. The van der Waals surface area contributed by atoms with Crippen molar-refractivity contribution >= 4 is 54.8 Å². The van der Waals surface area contributed by atoms with Crippen LogP contribution in [0, 0.1) is 3.57 Å². The molecule has 16 heavy (non-hydrogen) atoms. The summed E-state index contributed by atoms with van der Waals surface area (Å²) in [4.78, 5) is 5.57. The molecule has 3 aromatic rings. The number of imidazole rings is 1. The third kappa shape index (κ3) is 1.61. The molecule has 0 spiro atoms. The summed E-state index contributed by atoms with van der Waals surface area (Å²) >= 11 is 7.37. The van der Waals surface area contributed by atoms with Gasteiger partial charge in [0.15, 0.2) is 10.8 Å². The first-order valence-corrected chi connectivity index (χ1v) is 7.58. The SMILES string of the molecule is BrCc1c(-n2cc(I)cn2)nc2sccn12. The molecule has 0 N–H and O–H groups in total. The van der Waals surface area contributed by atoms with Gasteiger partial charge in [0.05, 0.1) is 15.5 Å². The second kappa shape index (κ2) is 4.11. The quantitative estimate of drug-likeness (QED) is 0.482. The largest absolute Gasteiger partial charge is 0.292 e. The van der Waals surface area contributed by atoms with E-state index >= 15 is 0 Å². The van der Waals surface area contributed by atoms with Gasteiger partial charge in [0.1, 0.15) is 0 Å². The first-order chi connectivity index (χ1) is 7.79. The zero-order valence-corrected chi connectivity index (χ0v) is 12.5. The van der Waals surface area contributed by atoms with E-state index in [1.807, 2.05) is 28.7 Å². The van der Waals surface area contributed by atoms with Crippen LogP contribution in [0.4, 0.5) is 0 Å². The van der Waals surface area contributed by atoms with Crippen LogP contribution in [0.1, 0.15) is 5.69 Å². The molecule has 4 nitrogen and oxygen atoms in total. The van der Waals surface area contributed by atoms with E-state index in [4.69, 9.17) is 0 Å². The van der Waals surface area contributed by atoms with Crippen LogP contribution < -0.4 is 0 Å². The molecule has 7 heteroatoms. The van der Waals surface area contributed by atoms with E-state index in [9.17, 15) is 0 Å². The van der Waals surface area contributed by atoms with Crippen molar-refractivity contribution in [2.75, 3.05) is 0 Å². The zero-order chi connectivity index (χ0) is 11.1. The molecule has 0 bridgehead atoms. The lowest BCUT2D eigenvalue weighted by atomic mass is 10.5. The lowest BCUT2D eigenvalue weighted by Gasteiger charge is -1.99. The molecule has 0 aliphatic rings. The normalized spacial score (nSPS) is 11.4. The predicted octanol–water partition coefficient (Wildman–Crippen LogP) is 3.08. The minimum Gasteiger partial charge on any atom is -0.292 e. The minimum absolute atomic E-state index is 0.761. The molecule has 3 heterocycles. The summed E-state index contributed by atoms with van der Waals surface area (Å²) in [5.41, 5.74) is 1.12. The number of aromatic nitrogens is 4. The van der Waals surface area contributed by atoms with Crippen molar-refractivity contribution in [2.45, 2.75) is 5.33 Å². The summed E-state index contributed by atoms with van der Waals surface area (Å²) in [6.45, 7) is 0. The summed E-state index contributed by atoms with van der Waals surface area (Å²) in [5, 5.41) is 7.08. The van der Waals surface area contributed by atoms with Crippen molar-refractivity contribution in [3.05, 3.63) is 33.2 Å². The van der Waals surface area contributed by atoms with E-state index in [1.165, 1.54) is 0 Å². The fourth-order valence-electron chi connectivity index (χ4n) is 1.55. The molecule has 0 radical (unpaired) electrons. The minimum atomic E-state index is 0.761. The van der Waals surface area contributed by atoms with Gasteiger partial charge in [-0.1, -0.05) is 15.9 Å². The van der Waals surface area contributed by atoms with Gasteiger partial charge in [-0.3, -0.25) is 4.40 Å². The highest BCUT2D eigenvalue weighted by Crippen LogP contribution is 2.22. The molecule has 3 rings (SSSR count). The molecule has 82 valence electrons. The van der Waals surface area contributed by atoms with Gasteiger partial charge in [0.2, 0.25) is 0 Å². The van der Waals surface area contributed by atoms with Crippen molar-refractivity contribution in [1.82, 2.24) is 19.2 Å². The molecule has 3 aromatic heterocycles. The van der Waals surface area contributed by atoms with E-state index in [1.54, 1.807) is 11.3 Å². The second-order valence-corrected chi connectivity index (χ2v) is 5.85. The number of halogens is 2. The Kier molecular flexibility index (Phi) is 2.76. The number of hydrogen-bond donors (Lipinski definition) is 0. The molecule has 0 saturated carbocycles. The van der Waals surface area contributed by atoms with Gasteiger partial charge in [-0.2, -0.15) is 10.1 Å². The van der Waals surface area contributed by atoms with Crippen molar-refractivity contribution in [3.8, 4) is 5.82 Å². The summed E-state index contributed by atoms with van der Waals surface area (Å²) < 4.78 is 5.01. The fraction of sp³-hybridized carbons (Fsp3) is 0.111. The first kappa shape index (κ1) is 10.7. The highest BCUT2D eigenvalue weighted by atomic mass is 127. The molecule has 0 saturated heterocycles. The molecule has 0 aromatic carbocycles. The average molecular weight is 409 g/mol. The van der Waals surface area contributed by atoms with Crippen molar-refractivity contribution < 1.29 is 0 Å². The van der Waals surface area contributed by atoms with Crippen LogP contribution in [-0.4, -0.2) is 19.2 Å². The Morgan fingerprint density at radius 2 is 2.38 bits per heavy atom. The van der Waals surface area contributed by atoms with Crippen LogP contribution in [0.3, 0.4) is 0 Å².